The van der Waals surface area contributed by atoms with E-state index >= 15 is 0 Å². The standard InChI is InChI=1S/C22H44N4O11P2S3/c23-7-3-1-2-5-21(28)26-14-20(12-18(26)16-35-39(33,40)37-30)36-38(31,32)34-15-17-11-19(27)13-25(17)22(29)6-4-9-41-42-10-8-24/h17-20,27,30H,1-16,23-24H2,(H,31,32)(H,33,40)/p-2/t17?,18-,19+,20+,39?/m0/s1. The van der Waals surface area contributed by atoms with Crippen molar-refractivity contribution in [2.75, 3.05) is 50.9 Å². The van der Waals surface area contributed by atoms with Gasteiger partial charge in [0, 0.05) is 44.0 Å². The second kappa shape index (κ2) is 19.6. The Morgan fingerprint density at radius 3 is 2.19 bits per heavy atom. The van der Waals surface area contributed by atoms with Crippen molar-refractivity contribution < 1.29 is 52.6 Å². The molecule has 3 unspecified atom stereocenters. The molecule has 0 aromatic carbocycles. The maximum Gasteiger partial charge on any atom is 0.268 e. The van der Waals surface area contributed by atoms with E-state index in [-0.39, 0.29) is 63.8 Å². The number of phosphoric ester groups is 1. The minimum Gasteiger partial charge on any atom is -0.778 e. The van der Waals surface area contributed by atoms with Crippen LogP contribution in [0.15, 0.2) is 0 Å². The van der Waals surface area contributed by atoms with Crippen LogP contribution in [0.25, 0.3) is 0 Å². The van der Waals surface area contributed by atoms with Gasteiger partial charge in [0.1, 0.15) is 0 Å². The topological polar surface area (TPSA) is 233 Å². The van der Waals surface area contributed by atoms with Gasteiger partial charge in [-0.1, -0.05) is 28.0 Å². The number of phosphoric acid groups is 1. The molecule has 2 heterocycles. The lowest BCUT2D eigenvalue weighted by molar-refractivity contribution is -0.266. The number of nitrogens with zero attached hydrogens (tertiary/aromatic N) is 2. The minimum absolute atomic E-state index is 0.000771. The molecule has 15 nitrogen and oxygen atoms in total. The maximum absolute atomic E-state index is 12.9. The molecule has 0 spiro atoms. The zero-order chi connectivity index (χ0) is 31.2. The third kappa shape index (κ3) is 14.0. The van der Waals surface area contributed by atoms with Crippen LogP contribution in [0.1, 0.15) is 51.4 Å². The second-order valence-corrected chi connectivity index (χ2v) is 16.7. The van der Waals surface area contributed by atoms with Gasteiger partial charge in [0.15, 0.2) is 6.72 Å². The highest BCUT2D eigenvalue weighted by atomic mass is 33.1. The summed E-state index contributed by atoms with van der Waals surface area (Å²) >= 11 is 4.52. The number of nitrogens with two attached hydrogens (primary N) is 2. The van der Waals surface area contributed by atoms with E-state index in [0.717, 1.165) is 24.3 Å². The van der Waals surface area contributed by atoms with Crippen molar-refractivity contribution >= 4 is 59.8 Å². The van der Waals surface area contributed by atoms with E-state index < -0.39 is 38.8 Å². The molecule has 0 radical (unpaired) electrons. The van der Waals surface area contributed by atoms with Gasteiger partial charge in [-0.2, -0.15) is 4.67 Å². The van der Waals surface area contributed by atoms with Crippen LogP contribution < -0.4 is 21.3 Å². The average Bonchev–Trinajstić information content (AvgIpc) is 3.53. The molecule has 2 aliphatic rings. The molecule has 2 amide bonds. The Morgan fingerprint density at radius 2 is 1.52 bits per heavy atom. The summed E-state index contributed by atoms with van der Waals surface area (Å²) in [6.45, 7) is -3.88. The minimum atomic E-state index is -4.90. The number of hydrogen-bond donors (Lipinski definition) is 4. The lowest BCUT2D eigenvalue weighted by Gasteiger charge is -2.30. The molecule has 0 aliphatic carbocycles. The van der Waals surface area contributed by atoms with Crippen LogP contribution in [0.3, 0.4) is 0 Å². The summed E-state index contributed by atoms with van der Waals surface area (Å²) in [5.74, 6) is 1.09. The third-order valence-corrected chi connectivity index (χ3v) is 11.4. The van der Waals surface area contributed by atoms with Gasteiger partial charge >= 0.3 is 0 Å². The van der Waals surface area contributed by atoms with E-state index in [9.17, 15) is 29.0 Å². The van der Waals surface area contributed by atoms with Crippen molar-refractivity contribution in [1.82, 2.24) is 9.80 Å². The first-order valence-corrected chi connectivity index (χ1v) is 20.3. The van der Waals surface area contributed by atoms with Gasteiger partial charge in [0.2, 0.25) is 11.8 Å². The molecule has 2 rings (SSSR count). The lowest BCUT2D eigenvalue weighted by atomic mass is 10.1. The number of unbranched alkanes of at least 4 members (excludes halogenated alkanes) is 2. The van der Waals surface area contributed by atoms with Crippen LogP contribution in [-0.2, 0) is 44.2 Å². The monoisotopic (exact) mass is 696 g/mol. The second-order valence-electron chi connectivity index (χ2n) is 9.96. The van der Waals surface area contributed by atoms with Gasteiger partial charge in [-0.3, -0.25) is 14.2 Å². The fourth-order valence-electron chi connectivity index (χ4n) is 4.69. The van der Waals surface area contributed by atoms with Gasteiger partial charge < -0.3 is 49.7 Å². The van der Waals surface area contributed by atoms with Crippen molar-refractivity contribution in [2.24, 2.45) is 11.5 Å². The Balaban J connectivity index is 1.92. The highest BCUT2D eigenvalue weighted by Gasteiger charge is 2.39. The summed E-state index contributed by atoms with van der Waals surface area (Å²) in [4.78, 5) is 52.9. The van der Waals surface area contributed by atoms with Crippen LogP contribution >= 0.6 is 36.1 Å². The quantitative estimate of drug-likeness (QED) is 0.0411. The molecule has 0 saturated carbocycles. The van der Waals surface area contributed by atoms with E-state index in [1.165, 1.54) is 9.80 Å². The molecule has 0 aromatic heterocycles. The van der Waals surface area contributed by atoms with Gasteiger partial charge in [0.05, 0.1) is 37.5 Å². The number of hydrogen-bond acceptors (Lipinski definition) is 16. The Bertz CT molecular complexity index is 944. The molecule has 42 heavy (non-hydrogen) atoms. The number of β-amino-alcohol motifs (C(OH)–C–C–N with tert-alkyl or cyclic N) is 1. The first-order valence-electron chi connectivity index (χ1n) is 13.8. The number of likely N-dealkylation sites (tertiary alicyclic amines) is 2. The molecule has 2 aliphatic heterocycles. The highest BCUT2D eigenvalue weighted by Crippen LogP contribution is 2.44. The molecule has 2 fully saturated rings. The maximum atomic E-state index is 12.9. The summed E-state index contributed by atoms with van der Waals surface area (Å²) in [5.41, 5.74) is 10.9. The largest absolute Gasteiger partial charge is 0.778 e. The van der Waals surface area contributed by atoms with Gasteiger partial charge in [-0.25, -0.2) is 5.26 Å². The van der Waals surface area contributed by atoms with Gasteiger partial charge in [0.25, 0.3) is 7.82 Å². The Morgan fingerprint density at radius 1 is 0.905 bits per heavy atom. The number of aliphatic hydroxyl groups excluding tert-OH is 1. The predicted octanol–water partition coefficient (Wildman–Crippen LogP) is 0.150. The lowest BCUT2D eigenvalue weighted by Crippen LogP contribution is -2.39. The molecular formula is C22H42N4O11P2S3-2. The van der Waals surface area contributed by atoms with E-state index in [4.69, 9.17) is 30.3 Å². The van der Waals surface area contributed by atoms with E-state index in [1.54, 1.807) is 21.6 Å². The highest BCUT2D eigenvalue weighted by molar-refractivity contribution is 8.76. The number of rotatable bonds is 21. The number of amides is 2. The zero-order valence-corrected chi connectivity index (χ0v) is 27.6. The van der Waals surface area contributed by atoms with Crippen molar-refractivity contribution in [3.05, 3.63) is 0 Å². The summed E-state index contributed by atoms with van der Waals surface area (Å²) in [6.07, 6.45) is 1.50. The fraction of sp³-hybridized carbons (Fsp3) is 0.909. The van der Waals surface area contributed by atoms with Gasteiger partial charge in [-0.05, 0) is 50.5 Å². The number of aliphatic hydroxyl groups is 1. The molecular weight excluding hydrogens is 654 g/mol. The summed E-state index contributed by atoms with van der Waals surface area (Å²) in [5, 5.41) is 18.8. The van der Waals surface area contributed by atoms with Crippen LogP contribution in [0.4, 0.5) is 0 Å². The Labute approximate surface area is 259 Å². The third-order valence-electron chi connectivity index (χ3n) is 6.63. The predicted molar refractivity (Wildman–Crippen MR) is 159 cm³/mol. The molecule has 0 aromatic rings. The zero-order valence-electron chi connectivity index (χ0n) is 23.4. The molecule has 2 saturated heterocycles. The van der Waals surface area contributed by atoms with Crippen LogP contribution in [0.5, 0.6) is 0 Å². The van der Waals surface area contributed by atoms with Crippen molar-refractivity contribution in [3.8, 4) is 0 Å². The fourth-order valence-corrected chi connectivity index (χ4v) is 8.15. The molecule has 6 atom stereocenters. The first kappa shape index (κ1) is 38.3. The summed E-state index contributed by atoms with van der Waals surface area (Å²) < 4.78 is 31.8. The summed E-state index contributed by atoms with van der Waals surface area (Å²) in [7, 11) is -1.63. The van der Waals surface area contributed by atoms with E-state index in [2.05, 4.69) is 16.5 Å². The molecule has 246 valence electrons. The van der Waals surface area contributed by atoms with Crippen molar-refractivity contribution in [2.45, 2.75) is 75.7 Å². The molecule has 6 N–H and O–H groups in total. The van der Waals surface area contributed by atoms with Crippen molar-refractivity contribution in [1.29, 1.82) is 0 Å². The SMILES string of the molecule is NCCCCCC(=O)N1C[C@H](OP(=O)([O-])OCC2C[C@@H](O)CN2C(=O)CCCSSCCN)C[C@H]1COP([O-])(=S)OO. The summed E-state index contributed by atoms with van der Waals surface area (Å²) in [6, 6.07) is -1.39. The molecule has 20 heteroatoms. The van der Waals surface area contributed by atoms with Gasteiger partial charge in [-0.15, -0.1) is 0 Å². The molecule has 0 bridgehead atoms. The normalized spacial score (nSPS) is 25.5. The first-order chi connectivity index (χ1) is 19.9. The smallest absolute Gasteiger partial charge is 0.268 e. The number of carbonyl (C=O) groups is 2. The number of carbonyl (C=O) groups excluding carboxylic acids is 2. The van der Waals surface area contributed by atoms with Crippen LogP contribution in [0, 0.1) is 0 Å². The van der Waals surface area contributed by atoms with E-state index in [0.29, 0.717) is 25.9 Å². The average molecular weight is 697 g/mol. The Kier molecular flexibility index (Phi) is 17.9. The van der Waals surface area contributed by atoms with Crippen LogP contribution in [0.2, 0.25) is 0 Å². The van der Waals surface area contributed by atoms with E-state index in [1.807, 2.05) is 0 Å². The van der Waals surface area contributed by atoms with Crippen LogP contribution in [-0.4, -0.2) is 107 Å². The van der Waals surface area contributed by atoms with Crippen molar-refractivity contribution in [3.63, 3.8) is 0 Å². The Hall–Kier alpha value is 0.120.